The van der Waals surface area contributed by atoms with Gasteiger partial charge in [-0.3, -0.25) is 4.79 Å². The van der Waals surface area contributed by atoms with E-state index in [1.165, 1.54) is 22.6 Å². The maximum atomic E-state index is 13.6. The van der Waals surface area contributed by atoms with E-state index in [9.17, 15) is 9.18 Å². The van der Waals surface area contributed by atoms with Crippen LogP contribution in [0.25, 0.3) is 0 Å². The van der Waals surface area contributed by atoms with Crippen molar-refractivity contribution in [2.75, 3.05) is 12.3 Å². The number of benzene rings is 1. The maximum absolute atomic E-state index is 13.6. The van der Waals surface area contributed by atoms with E-state index >= 15 is 0 Å². The fourth-order valence-corrected chi connectivity index (χ4v) is 3.83. The molecule has 2 aromatic rings. The molecule has 1 aromatic heterocycles. The first-order valence-corrected chi connectivity index (χ1v) is 7.92. The zero-order valence-electron chi connectivity index (χ0n) is 11.8. The van der Waals surface area contributed by atoms with Crippen LogP contribution in [0.1, 0.15) is 40.2 Å². The summed E-state index contributed by atoms with van der Waals surface area (Å²) in [5, 5.41) is 2.07. The Labute approximate surface area is 127 Å². The number of thiophene rings is 1. The first kappa shape index (κ1) is 14.1. The Hall–Kier alpha value is -1.88. The van der Waals surface area contributed by atoms with Crippen molar-refractivity contribution < 1.29 is 9.18 Å². The maximum Gasteiger partial charge on any atom is 0.254 e. The molecule has 110 valence electrons. The van der Waals surface area contributed by atoms with Crippen LogP contribution in [0.3, 0.4) is 0 Å². The number of nitrogens with zero attached hydrogens (tertiary/aromatic N) is 1. The predicted molar refractivity (Wildman–Crippen MR) is 82.9 cm³/mol. The van der Waals surface area contributed by atoms with E-state index in [1.54, 1.807) is 17.4 Å². The fraction of sp³-hybridized carbons (Fsp3) is 0.312. The molecule has 0 aliphatic carbocycles. The highest BCUT2D eigenvalue weighted by Crippen LogP contribution is 2.36. The Morgan fingerprint density at radius 3 is 3.00 bits per heavy atom. The zero-order valence-corrected chi connectivity index (χ0v) is 12.6. The summed E-state index contributed by atoms with van der Waals surface area (Å²) in [5.74, 6) is -0.667. The van der Waals surface area contributed by atoms with Gasteiger partial charge >= 0.3 is 0 Å². The minimum absolute atomic E-state index is 0.0670. The Kier molecular flexibility index (Phi) is 3.68. The van der Waals surface area contributed by atoms with E-state index in [2.05, 4.69) is 18.4 Å². The van der Waals surface area contributed by atoms with Gasteiger partial charge in [0.2, 0.25) is 0 Å². The summed E-state index contributed by atoms with van der Waals surface area (Å²) >= 11 is 1.74. The lowest BCUT2D eigenvalue weighted by Gasteiger charge is -2.35. The number of carbonyl (C=O) groups excluding carboxylic acids is 1. The largest absolute Gasteiger partial charge is 0.396 e. The SMILES string of the molecule is CCC1c2ccsc2CCN1C(=O)c1ccc(N)c(F)c1. The molecule has 0 saturated carbocycles. The first-order chi connectivity index (χ1) is 10.1. The molecule has 0 saturated heterocycles. The number of halogens is 1. The predicted octanol–water partition coefficient (Wildman–Crippen LogP) is 3.62. The van der Waals surface area contributed by atoms with Crippen LogP contribution in [-0.4, -0.2) is 17.4 Å². The third-order valence-corrected chi connectivity index (χ3v) is 4.99. The number of carbonyl (C=O) groups is 1. The van der Waals surface area contributed by atoms with Crippen LogP contribution in [0.4, 0.5) is 10.1 Å². The normalized spacial score (nSPS) is 17.6. The van der Waals surface area contributed by atoms with E-state index in [0.29, 0.717) is 12.1 Å². The second kappa shape index (κ2) is 5.48. The summed E-state index contributed by atoms with van der Waals surface area (Å²) in [5.41, 5.74) is 7.13. The molecule has 3 nitrogen and oxygen atoms in total. The molecule has 0 radical (unpaired) electrons. The second-order valence-corrected chi connectivity index (χ2v) is 6.21. The van der Waals surface area contributed by atoms with Crippen molar-refractivity contribution in [1.82, 2.24) is 4.90 Å². The van der Waals surface area contributed by atoms with E-state index in [0.717, 1.165) is 12.8 Å². The molecule has 1 atom stereocenters. The van der Waals surface area contributed by atoms with Gasteiger partial charge in [0.25, 0.3) is 5.91 Å². The van der Waals surface area contributed by atoms with Crippen molar-refractivity contribution in [1.29, 1.82) is 0 Å². The first-order valence-electron chi connectivity index (χ1n) is 7.04. The molecule has 2 heterocycles. The molecule has 0 fully saturated rings. The number of nitrogens with two attached hydrogens (primary N) is 1. The molecule has 1 amide bonds. The summed E-state index contributed by atoms with van der Waals surface area (Å²) in [6.07, 6.45) is 1.72. The van der Waals surface area contributed by atoms with E-state index in [4.69, 9.17) is 5.73 Å². The fourth-order valence-electron chi connectivity index (χ4n) is 2.91. The number of hydrogen-bond acceptors (Lipinski definition) is 3. The summed E-state index contributed by atoms with van der Waals surface area (Å²) in [4.78, 5) is 15.9. The molecular formula is C16H17FN2OS. The van der Waals surface area contributed by atoms with Gasteiger partial charge in [-0.15, -0.1) is 11.3 Å². The molecule has 1 aliphatic rings. The Morgan fingerprint density at radius 1 is 1.48 bits per heavy atom. The standard InChI is InChI=1S/C16H17FN2OS/c1-2-14-11-6-8-21-15(11)5-7-19(14)16(20)10-3-4-13(18)12(17)9-10/h3-4,6,8-9,14H,2,5,7,18H2,1H3. The van der Waals surface area contributed by atoms with Gasteiger partial charge in [0.15, 0.2) is 0 Å². The monoisotopic (exact) mass is 304 g/mol. The van der Waals surface area contributed by atoms with Crippen LogP contribution in [0.2, 0.25) is 0 Å². The number of amides is 1. The van der Waals surface area contributed by atoms with Gasteiger partial charge in [-0.2, -0.15) is 0 Å². The van der Waals surface area contributed by atoms with Crippen molar-refractivity contribution in [2.45, 2.75) is 25.8 Å². The molecule has 5 heteroatoms. The van der Waals surface area contributed by atoms with Gasteiger partial charge < -0.3 is 10.6 Å². The highest BCUT2D eigenvalue weighted by molar-refractivity contribution is 7.10. The van der Waals surface area contributed by atoms with Crippen molar-refractivity contribution in [2.24, 2.45) is 0 Å². The number of anilines is 1. The smallest absolute Gasteiger partial charge is 0.254 e. The summed E-state index contributed by atoms with van der Waals surface area (Å²) < 4.78 is 13.6. The van der Waals surface area contributed by atoms with Crippen molar-refractivity contribution in [3.8, 4) is 0 Å². The topological polar surface area (TPSA) is 46.3 Å². The molecule has 1 unspecified atom stereocenters. The summed E-state index contributed by atoms with van der Waals surface area (Å²) in [6, 6.07) is 6.44. The summed E-state index contributed by atoms with van der Waals surface area (Å²) in [6.45, 7) is 2.75. The highest BCUT2D eigenvalue weighted by Gasteiger charge is 2.31. The minimum atomic E-state index is -0.540. The molecule has 0 spiro atoms. The van der Waals surface area contributed by atoms with Crippen molar-refractivity contribution >= 4 is 22.9 Å². The van der Waals surface area contributed by atoms with Crippen LogP contribution < -0.4 is 5.73 Å². The molecule has 1 aliphatic heterocycles. The number of fused-ring (bicyclic) bond motifs is 1. The molecule has 1 aromatic carbocycles. The third kappa shape index (κ3) is 2.42. The van der Waals surface area contributed by atoms with Gasteiger partial charge in [0, 0.05) is 17.0 Å². The van der Waals surface area contributed by atoms with E-state index in [1.807, 2.05) is 4.90 Å². The Morgan fingerprint density at radius 2 is 2.29 bits per heavy atom. The van der Waals surface area contributed by atoms with E-state index in [-0.39, 0.29) is 17.6 Å². The van der Waals surface area contributed by atoms with Gasteiger partial charge in [-0.25, -0.2) is 4.39 Å². The van der Waals surface area contributed by atoms with Gasteiger partial charge in [-0.05, 0) is 48.1 Å². The third-order valence-electron chi connectivity index (χ3n) is 3.99. The van der Waals surface area contributed by atoms with Crippen LogP contribution >= 0.6 is 11.3 Å². The average Bonchev–Trinajstić information content (AvgIpc) is 2.96. The number of nitrogen functional groups attached to an aromatic ring is 1. The van der Waals surface area contributed by atoms with Gasteiger partial charge in [0.1, 0.15) is 5.82 Å². The average molecular weight is 304 g/mol. The van der Waals surface area contributed by atoms with Crippen LogP contribution in [0, 0.1) is 5.82 Å². The molecule has 0 bridgehead atoms. The quantitative estimate of drug-likeness (QED) is 0.861. The second-order valence-electron chi connectivity index (χ2n) is 5.21. The van der Waals surface area contributed by atoms with Crippen LogP contribution in [0.5, 0.6) is 0 Å². The van der Waals surface area contributed by atoms with Gasteiger partial charge in [-0.1, -0.05) is 6.92 Å². The van der Waals surface area contributed by atoms with Crippen LogP contribution in [-0.2, 0) is 6.42 Å². The summed E-state index contributed by atoms with van der Waals surface area (Å²) in [7, 11) is 0. The number of hydrogen-bond donors (Lipinski definition) is 1. The lowest BCUT2D eigenvalue weighted by Crippen LogP contribution is -2.39. The molecule has 3 rings (SSSR count). The minimum Gasteiger partial charge on any atom is -0.396 e. The highest BCUT2D eigenvalue weighted by atomic mass is 32.1. The molecule has 2 N–H and O–H groups in total. The van der Waals surface area contributed by atoms with Crippen molar-refractivity contribution in [3.05, 3.63) is 51.5 Å². The Balaban J connectivity index is 1.92. The Bertz CT molecular complexity index is 683. The molecule has 21 heavy (non-hydrogen) atoms. The lowest BCUT2D eigenvalue weighted by molar-refractivity contribution is 0.0657. The zero-order chi connectivity index (χ0) is 15.0. The van der Waals surface area contributed by atoms with Crippen molar-refractivity contribution in [3.63, 3.8) is 0 Å². The molecular weight excluding hydrogens is 287 g/mol. The van der Waals surface area contributed by atoms with Gasteiger partial charge in [0.05, 0.1) is 11.7 Å². The van der Waals surface area contributed by atoms with E-state index < -0.39 is 5.82 Å². The van der Waals surface area contributed by atoms with Crippen LogP contribution in [0.15, 0.2) is 29.6 Å². The lowest BCUT2D eigenvalue weighted by atomic mass is 9.97. The number of rotatable bonds is 2.